The Morgan fingerprint density at radius 3 is 2.70 bits per heavy atom. The van der Waals surface area contributed by atoms with Crippen LogP contribution in [0.4, 0.5) is 11.6 Å². The van der Waals surface area contributed by atoms with Gasteiger partial charge in [0.1, 0.15) is 17.5 Å². The molecule has 0 unspecified atom stereocenters. The van der Waals surface area contributed by atoms with E-state index in [1.807, 2.05) is 19.0 Å². The number of nitrogens with one attached hydrogen (secondary N) is 2. The minimum Gasteiger partial charge on any atom is -0.363 e. The van der Waals surface area contributed by atoms with E-state index in [0.29, 0.717) is 29.6 Å². The predicted octanol–water partition coefficient (Wildman–Crippen LogP) is 1.91. The van der Waals surface area contributed by atoms with Gasteiger partial charge in [-0.1, -0.05) is 26.2 Å². The molecule has 3 N–H and O–H groups in total. The second-order valence-corrected chi connectivity index (χ2v) is 7.17. The van der Waals surface area contributed by atoms with Gasteiger partial charge in [-0.2, -0.15) is 0 Å². The molecule has 9 nitrogen and oxygen atoms in total. The molecule has 0 aliphatic heterocycles. The number of nitrogens with zero attached hydrogens (tertiary/aromatic N) is 4. The molecule has 2 rings (SSSR count). The summed E-state index contributed by atoms with van der Waals surface area (Å²) >= 11 is 0. The van der Waals surface area contributed by atoms with Gasteiger partial charge in [0.15, 0.2) is 0 Å². The van der Waals surface area contributed by atoms with Crippen LogP contribution in [-0.2, 0) is 9.59 Å². The fraction of sp³-hybridized carbons (Fsp3) is 0.667. The molecule has 9 heteroatoms. The average molecular weight is 378 g/mol. The van der Waals surface area contributed by atoms with Gasteiger partial charge in [0.05, 0.1) is 12.5 Å². The zero-order chi connectivity index (χ0) is 19.8. The maximum absolute atomic E-state index is 12.5. The van der Waals surface area contributed by atoms with Gasteiger partial charge in [0, 0.05) is 26.1 Å². The third kappa shape index (κ3) is 6.67. The van der Waals surface area contributed by atoms with Gasteiger partial charge in [-0.3, -0.25) is 25.6 Å². The maximum atomic E-state index is 12.5. The SMILES string of the molecule is CCCCC[C@@H](CN(O)C=O)C(=O)NNc1cc(N(C)C)nc(C2CC2)n1. The molecule has 0 saturated heterocycles. The first-order valence-electron chi connectivity index (χ1n) is 9.47. The number of hydrogen-bond donors (Lipinski definition) is 3. The first kappa shape index (κ1) is 20.9. The summed E-state index contributed by atoms with van der Waals surface area (Å²) in [6, 6.07) is 1.77. The molecule has 1 atom stereocenters. The number of anilines is 2. The standard InChI is InChI=1S/C18H30N6O3/c1-4-5-6-7-14(11-24(27)12-25)18(26)22-21-15-10-16(23(2)3)20-17(19-15)13-8-9-13/h10,12-14,27H,4-9,11H2,1-3H3,(H,22,26)(H,19,20,21)/t14-/m0/s1. The highest BCUT2D eigenvalue weighted by atomic mass is 16.5. The van der Waals surface area contributed by atoms with Crippen molar-refractivity contribution >= 4 is 24.0 Å². The lowest BCUT2D eigenvalue weighted by Gasteiger charge is -2.20. The summed E-state index contributed by atoms with van der Waals surface area (Å²) in [5.41, 5.74) is 5.52. The smallest absolute Gasteiger partial charge is 0.243 e. The third-order valence-corrected chi connectivity index (χ3v) is 4.50. The molecular formula is C18H30N6O3. The highest BCUT2D eigenvalue weighted by Gasteiger charge is 2.28. The fourth-order valence-corrected chi connectivity index (χ4v) is 2.71. The first-order chi connectivity index (χ1) is 12.9. The normalized spacial score (nSPS) is 14.4. The van der Waals surface area contributed by atoms with Crippen molar-refractivity contribution in [1.82, 2.24) is 20.5 Å². The van der Waals surface area contributed by atoms with E-state index < -0.39 is 5.92 Å². The van der Waals surface area contributed by atoms with Gasteiger partial charge < -0.3 is 4.90 Å². The van der Waals surface area contributed by atoms with E-state index in [4.69, 9.17) is 0 Å². The monoisotopic (exact) mass is 378 g/mol. The topological polar surface area (TPSA) is 111 Å². The molecule has 1 aliphatic rings. The molecule has 1 aromatic heterocycles. The number of aromatic nitrogens is 2. The summed E-state index contributed by atoms with van der Waals surface area (Å²) in [5, 5.41) is 9.97. The molecule has 0 radical (unpaired) electrons. The Labute approximate surface area is 160 Å². The Bertz CT molecular complexity index is 615. The van der Waals surface area contributed by atoms with Crippen LogP contribution in [0.3, 0.4) is 0 Å². The van der Waals surface area contributed by atoms with E-state index in [0.717, 1.165) is 43.7 Å². The van der Waals surface area contributed by atoms with Crippen molar-refractivity contribution < 1.29 is 14.8 Å². The summed E-state index contributed by atoms with van der Waals surface area (Å²) in [6.07, 6.45) is 5.94. The Balaban J connectivity index is 2.01. The van der Waals surface area contributed by atoms with Gasteiger partial charge in [-0.25, -0.2) is 15.0 Å². The Morgan fingerprint density at radius 1 is 1.37 bits per heavy atom. The van der Waals surface area contributed by atoms with Crippen LogP contribution in [0.2, 0.25) is 0 Å². The van der Waals surface area contributed by atoms with Crippen LogP contribution in [0.25, 0.3) is 0 Å². The number of amides is 2. The number of unbranched alkanes of at least 4 members (excludes halogenated alkanes) is 2. The summed E-state index contributed by atoms with van der Waals surface area (Å²) < 4.78 is 0. The van der Waals surface area contributed by atoms with Crippen LogP contribution in [0.15, 0.2) is 6.07 Å². The number of hydrogen-bond acceptors (Lipinski definition) is 7. The van der Waals surface area contributed by atoms with Gasteiger partial charge >= 0.3 is 0 Å². The highest BCUT2D eigenvalue weighted by Crippen LogP contribution is 2.39. The van der Waals surface area contributed by atoms with E-state index in [-0.39, 0.29) is 12.5 Å². The summed E-state index contributed by atoms with van der Waals surface area (Å²) in [6.45, 7) is 2.04. The van der Waals surface area contributed by atoms with Gasteiger partial charge in [0.2, 0.25) is 12.3 Å². The molecule has 27 heavy (non-hydrogen) atoms. The van der Waals surface area contributed by atoms with Crippen molar-refractivity contribution in [1.29, 1.82) is 0 Å². The lowest BCUT2D eigenvalue weighted by molar-refractivity contribution is -0.154. The van der Waals surface area contributed by atoms with E-state index >= 15 is 0 Å². The number of hydroxylamine groups is 2. The first-order valence-corrected chi connectivity index (χ1v) is 9.47. The van der Waals surface area contributed by atoms with Gasteiger partial charge in [0.25, 0.3) is 0 Å². The number of carbonyl (C=O) groups excluding carboxylic acids is 2. The summed E-state index contributed by atoms with van der Waals surface area (Å²) in [5.74, 6) is 1.67. The molecule has 1 saturated carbocycles. The summed E-state index contributed by atoms with van der Waals surface area (Å²) in [4.78, 5) is 34.1. The Morgan fingerprint density at radius 2 is 2.11 bits per heavy atom. The predicted molar refractivity (Wildman–Crippen MR) is 102 cm³/mol. The van der Waals surface area contributed by atoms with Crippen LogP contribution in [0.5, 0.6) is 0 Å². The molecule has 0 bridgehead atoms. The van der Waals surface area contributed by atoms with Crippen molar-refractivity contribution in [2.45, 2.75) is 51.4 Å². The minimum atomic E-state index is -0.502. The van der Waals surface area contributed by atoms with E-state index in [1.165, 1.54) is 0 Å². The average Bonchev–Trinajstić information content (AvgIpc) is 3.50. The molecule has 0 aromatic carbocycles. The second kappa shape index (κ2) is 10.1. The molecule has 150 valence electrons. The van der Waals surface area contributed by atoms with Gasteiger partial charge in [-0.05, 0) is 19.3 Å². The molecule has 1 aromatic rings. The minimum absolute atomic E-state index is 0.0409. The van der Waals surface area contributed by atoms with Crippen molar-refractivity contribution in [3.05, 3.63) is 11.9 Å². The van der Waals surface area contributed by atoms with Crippen LogP contribution < -0.4 is 15.8 Å². The maximum Gasteiger partial charge on any atom is 0.243 e. The van der Waals surface area contributed by atoms with Crippen LogP contribution in [0, 0.1) is 5.92 Å². The Kier molecular flexibility index (Phi) is 7.78. The van der Waals surface area contributed by atoms with E-state index in [1.54, 1.807) is 6.07 Å². The van der Waals surface area contributed by atoms with Crippen molar-refractivity contribution in [2.24, 2.45) is 5.92 Å². The third-order valence-electron chi connectivity index (χ3n) is 4.50. The van der Waals surface area contributed by atoms with E-state index in [2.05, 4.69) is 27.7 Å². The number of rotatable bonds is 12. The largest absolute Gasteiger partial charge is 0.363 e. The van der Waals surface area contributed by atoms with Crippen LogP contribution in [-0.4, -0.2) is 53.2 Å². The zero-order valence-corrected chi connectivity index (χ0v) is 16.3. The molecule has 2 amide bonds. The number of carbonyl (C=O) groups is 2. The second-order valence-electron chi connectivity index (χ2n) is 7.17. The van der Waals surface area contributed by atoms with Crippen LogP contribution in [0.1, 0.15) is 57.2 Å². The summed E-state index contributed by atoms with van der Waals surface area (Å²) in [7, 11) is 3.81. The molecule has 1 aliphatic carbocycles. The highest BCUT2D eigenvalue weighted by molar-refractivity contribution is 5.80. The Hall–Kier alpha value is -2.42. The van der Waals surface area contributed by atoms with Crippen LogP contribution >= 0.6 is 0 Å². The van der Waals surface area contributed by atoms with Gasteiger partial charge in [-0.15, -0.1) is 0 Å². The fourth-order valence-electron chi connectivity index (χ4n) is 2.71. The molecule has 1 heterocycles. The van der Waals surface area contributed by atoms with Crippen molar-refractivity contribution in [2.75, 3.05) is 31.0 Å². The number of hydrazine groups is 1. The van der Waals surface area contributed by atoms with Crippen molar-refractivity contribution in [3.63, 3.8) is 0 Å². The lowest BCUT2D eigenvalue weighted by Crippen LogP contribution is -2.40. The van der Waals surface area contributed by atoms with E-state index in [9.17, 15) is 14.8 Å². The lowest BCUT2D eigenvalue weighted by atomic mass is 10.0. The zero-order valence-electron chi connectivity index (χ0n) is 16.3. The molecular weight excluding hydrogens is 348 g/mol. The molecule has 0 spiro atoms. The molecule has 1 fully saturated rings. The van der Waals surface area contributed by atoms with Crippen molar-refractivity contribution in [3.8, 4) is 0 Å². The quantitative estimate of drug-likeness (QED) is 0.220.